The van der Waals surface area contributed by atoms with E-state index in [0.717, 1.165) is 22.1 Å². The Balaban J connectivity index is 2.27. The van der Waals surface area contributed by atoms with Crippen LogP contribution in [0.4, 0.5) is 5.13 Å². The monoisotopic (exact) mass is 306 g/mol. The lowest BCUT2D eigenvalue weighted by Gasteiger charge is -2.18. The molecular weight excluding hydrogens is 292 g/mol. The van der Waals surface area contributed by atoms with Crippen molar-refractivity contribution in [2.75, 3.05) is 25.0 Å². The van der Waals surface area contributed by atoms with Gasteiger partial charge in [-0.25, -0.2) is 0 Å². The number of nitrogens with one attached hydrogen (secondary N) is 1. The van der Waals surface area contributed by atoms with Gasteiger partial charge >= 0.3 is 0 Å². The Hall–Kier alpha value is -0.690. The van der Waals surface area contributed by atoms with E-state index in [2.05, 4.69) is 31.4 Å². The van der Waals surface area contributed by atoms with Gasteiger partial charge in [0, 0.05) is 26.1 Å². The lowest BCUT2D eigenvalue weighted by molar-refractivity contribution is -0.130. The predicted octanol–water partition coefficient (Wildman–Crippen LogP) is 1.97. The number of aromatic nitrogens is 2. The summed E-state index contributed by atoms with van der Waals surface area (Å²) in [6, 6.07) is 0. The molecule has 16 heavy (non-hydrogen) atoms. The van der Waals surface area contributed by atoms with E-state index >= 15 is 0 Å². The highest BCUT2D eigenvalue weighted by atomic mass is 79.9. The Morgan fingerprint density at radius 2 is 2.12 bits per heavy atom. The molecule has 1 amide bonds. The van der Waals surface area contributed by atoms with E-state index in [4.69, 9.17) is 0 Å². The lowest BCUT2D eigenvalue weighted by atomic mass is 10.3. The van der Waals surface area contributed by atoms with Crippen LogP contribution in [0, 0.1) is 0 Å². The van der Waals surface area contributed by atoms with Crippen LogP contribution < -0.4 is 5.32 Å². The minimum absolute atomic E-state index is 0.168. The summed E-state index contributed by atoms with van der Waals surface area (Å²) in [5, 5.41) is 11.5. The molecule has 0 atom stereocenters. The van der Waals surface area contributed by atoms with E-state index in [1.807, 2.05) is 18.7 Å². The topological polar surface area (TPSA) is 58.1 Å². The van der Waals surface area contributed by atoms with Crippen LogP contribution in [0.15, 0.2) is 3.92 Å². The zero-order valence-electron chi connectivity index (χ0n) is 9.36. The molecule has 0 bridgehead atoms. The Bertz CT molecular complexity index is 340. The maximum Gasteiger partial charge on any atom is 0.224 e. The zero-order valence-corrected chi connectivity index (χ0v) is 11.8. The fraction of sp³-hybridized carbons (Fsp3) is 0.667. The molecule has 0 spiro atoms. The van der Waals surface area contributed by atoms with Crippen molar-refractivity contribution in [2.45, 2.75) is 20.3 Å². The maximum atomic E-state index is 11.6. The molecule has 0 saturated heterocycles. The number of anilines is 1. The summed E-state index contributed by atoms with van der Waals surface area (Å²) >= 11 is 4.65. The smallest absolute Gasteiger partial charge is 0.224 e. The third kappa shape index (κ3) is 4.05. The number of carbonyl (C=O) groups excluding carboxylic acids is 1. The van der Waals surface area contributed by atoms with E-state index in [9.17, 15) is 4.79 Å². The lowest BCUT2D eigenvalue weighted by Crippen LogP contribution is -2.31. The molecule has 0 saturated carbocycles. The quantitative estimate of drug-likeness (QED) is 0.873. The van der Waals surface area contributed by atoms with E-state index in [1.165, 1.54) is 11.3 Å². The average molecular weight is 307 g/mol. The predicted molar refractivity (Wildman–Crippen MR) is 68.6 cm³/mol. The molecule has 7 heteroatoms. The van der Waals surface area contributed by atoms with Gasteiger partial charge in [0.2, 0.25) is 11.0 Å². The van der Waals surface area contributed by atoms with Crippen molar-refractivity contribution in [3.63, 3.8) is 0 Å². The van der Waals surface area contributed by atoms with Gasteiger partial charge in [0.05, 0.1) is 0 Å². The Kier molecular flexibility index (Phi) is 5.68. The number of hydrogen-bond acceptors (Lipinski definition) is 5. The molecule has 0 fully saturated rings. The third-order valence-electron chi connectivity index (χ3n) is 2.13. The second kappa shape index (κ2) is 6.80. The van der Waals surface area contributed by atoms with Crippen molar-refractivity contribution in [1.29, 1.82) is 0 Å². The van der Waals surface area contributed by atoms with Gasteiger partial charge < -0.3 is 10.2 Å². The number of nitrogens with zero attached hydrogens (tertiary/aromatic N) is 3. The van der Waals surface area contributed by atoms with Crippen LogP contribution in [-0.2, 0) is 4.79 Å². The van der Waals surface area contributed by atoms with Crippen molar-refractivity contribution in [3.8, 4) is 0 Å². The van der Waals surface area contributed by atoms with E-state index < -0.39 is 0 Å². The van der Waals surface area contributed by atoms with E-state index in [1.54, 1.807) is 0 Å². The van der Waals surface area contributed by atoms with Crippen molar-refractivity contribution >= 4 is 38.3 Å². The minimum atomic E-state index is 0.168. The highest BCUT2D eigenvalue weighted by Crippen LogP contribution is 2.19. The zero-order chi connectivity index (χ0) is 12.0. The summed E-state index contributed by atoms with van der Waals surface area (Å²) in [5.74, 6) is 0.168. The molecule has 0 unspecified atom stereocenters. The Morgan fingerprint density at radius 3 is 2.62 bits per heavy atom. The van der Waals surface area contributed by atoms with Crippen LogP contribution in [0.3, 0.4) is 0 Å². The molecule has 5 nitrogen and oxygen atoms in total. The molecule has 0 aliphatic heterocycles. The molecule has 1 heterocycles. The summed E-state index contributed by atoms with van der Waals surface area (Å²) < 4.78 is 0.741. The van der Waals surface area contributed by atoms with Crippen LogP contribution in [0.5, 0.6) is 0 Å². The summed E-state index contributed by atoms with van der Waals surface area (Å²) in [6.07, 6.45) is 0.485. The fourth-order valence-corrected chi connectivity index (χ4v) is 2.32. The molecule has 1 N–H and O–H groups in total. The van der Waals surface area contributed by atoms with Crippen molar-refractivity contribution in [1.82, 2.24) is 15.1 Å². The molecule has 1 aromatic heterocycles. The van der Waals surface area contributed by atoms with Gasteiger partial charge in [-0.2, -0.15) is 0 Å². The summed E-state index contributed by atoms with van der Waals surface area (Å²) in [7, 11) is 0. The Labute approximate surface area is 107 Å². The van der Waals surface area contributed by atoms with Crippen LogP contribution in [0.1, 0.15) is 20.3 Å². The van der Waals surface area contributed by atoms with E-state index in [0.29, 0.717) is 13.0 Å². The summed E-state index contributed by atoms with van der Waals surface area (Å²) in [6.45, 7) is 6.09. The summed E-state index contributed by atoms with van der Waals surface area (Å²) in [4.78, 5) is 13.5. The van der Waals surface area contributed by atoms with Crippen molar-refractivity contribution in [3.05, 3.63) is 3.92 Å². The molecule has 1 rings (SSSR count). The largest absolute Gasteiger partial charge is 0.360 e. The Morgan fingerprint density at radius 1 is 1.44 bits per heavy atom. The van der Waals surface area contributed by atoms with Crippen LogP contribution >= 0.6 is 27.3 Å². The normalized spacial score (nSPS) is 10.2. The molecule has 0 aromatic carbocycles. The number of hydrogen-bond donors (Lipinski definition) is 1. The maximum absolute atomic E-state index is 11.6. The SMILES string of the molecule is CCN(CC)C(=O)CCNc1nnc(Br)s1. The number of carbonyl (C=O) groups is 1. The van der Waals surface area contributed by atoms with Crippen LogP contribution in [-0.4, -0.2) is 40.6 Å². The third-order valence-corrected chi connectivity index (χ3v) is 3.45. The van der Waals surface area contributed by atoms with Crippen molar-refractivity contribution in [2.24, 2.45) is 0 Å². The highest BCUT2D eigenvalue weighted by molar-refractivity contribution is 9.11. The second-order valence-electron chi connectivity index (χ2n) is 3.10. The minimum Gasteiger partial charge on any atom is -0.360 e. The van der Waals surface area contributed by atoms with Gasteiger partial charge in [-0.05, 0) is 29.8 Å². The molecule has 0 radical (unpaired) electrons. The number of halogens is 1. The van der Waals surface area contributed by atoms with Crippen molar-refractivity contribution < 1.29 is 4.79 Å². The molecule has 0 aliphatic carbocycles. The average Bonchev–Trinajstić information content (AvgIpc) is 2.66. The standard InChI is InChI=1S/C9H15BrN4OS/c1-3-14(4-2)7(15)5-6-11-9-13-12-8(10)16-9/h3-6H2,1-2H3,(H,11,13). The molecular formula is C9H15BrN4OS. The highest BCUT2D eigenvalue weighted by Gasteiger charge is 2.09. The van der Waals surface area contributed by atoms with Gasteiger partial charge in [-0.3, -0.25) is 4.79 Å². The first kappa shape index (κ1) is 13.4. The molecule has 90 valence electrons. The second-order valence-corrected chi connectivity index (χ2v) is 5.36. The number of rotatable bonds is 6. The van der Waals surface area contributed by atoms with Gasteiger partial charge in [0.1, 0.15) is 0 Å². The van der Waals surface area contributed by atoms with Crippen LogP contribution in [0.2, 0.25) is 0 Å². The first-order valence-corrected chi connectivity index (χ1v) is 6.79. The molecule has 1 aromatic rings. The molecule has 0 aliphatic rings. The fourth-order valence-electron chi connectivity index (χ4n) is 1.29. The van der Waals surface area contributed by atoms with Gasteiger partial charge in [-0.15, -0.1) is 10.2 Å². The van der Waals surface area contributed by atoms with Gasteiger partial charge in [-0.1, -0.05) is 11.3 Å². The van der Waals surface area contributed by atoms with Crippen LogP contribution in [0.25, 0.3) is 0 Å². The van der Waals surface area contributed by atoms with Gasteiger partial charge in [0.25, 0.3) is 0 Å². The van der Waals surface area contributed by atoms with Gasteiger partial charge in [0.15, 0.2) is 3.92 Å². The summed E-state index contributed by atoms with van der Waals surface area (Å²) in [5.41, 5.74) is 0. The first-order valence-electron chi connectivity index (χ1n) is 5.18. The first-order chi connectivity index (χ1) is 7.67. The number of amides is 1. The van der Waals surface area contributed by atoms with E-state index in [-0.39, 0.29) is 5.91 Å².